The Balaban J connectivity index is 1.81. The normalized spacial score (nSPS) is 10.5. The van der Waals surface area contributed by atoms with E-state index in [1.165, 1.54) is 18.3 Å². The minimum Gasteiger partial charge on any atom is -0.399 e. The first-order valence-corrected chi connectivity index (χ1v) is 7.68. The molecular weight excluding hydrogens is 312 g/mol. The number of nitrogens with one attached hydrogen (secondary N) is 2. The molecule has 0 aliphatic rings. The number of hydrogen-bond donors (Lipinski definition) is 3. The van der Waals surface area contributed by atoms with E-state index in [1.54, 1.807) is 36.4 Å². The van der Waals surface area contributed by atoms with Gasteiger partial charge in [0.15, 0.2) is 5.13 Å². The van der Waals surface area contributed by atoms with Crippen LogP contribution in [0.25, 0.3) is 10.2 Å². The van der Waals surface area contributed by atoms with E-state index in [4.69, 9.17) is 5.73 Å². The van der Waals surface area contributed by atoms with Gasteiger partial charge in [0.05, 0.1) is 10.2 Å². The van der Waals surface area contributed by atoms with E-state index in [1.807, 2.05) is 6.07 Å². The van der Waals surface area contributed by atoms with Gasteiger partial charge in [-0.2, -0.15) is 0 Å². The third kappa shape index (κ3) is 3.46. The molecule has 0 aliphatic heterocycles. The minimum atomic E-state index is -0.244. The van der Waals surface area contributed by atoms with Crippen LogP contribution in [-0.2, 0) is 4.79 Å². The second-order valence-corrected chi connectivity index (χ2v) is 5.99. The van der Waals surface area contributed by atoms with Crippen molar-refractivity contribution in [1.82, 2.24) is 4.98 Å². The molecule has 0 bridgehead atoms. The summed E-state index contributed by atoms with van der Waals surface area (Å²) in [6.07, 6.45) is 0. The monoisotopic (exact) mass is 326 g/mol. The van der Waals surface area contributed by atoms with Crippen molar-refractivity contribution >= 4 is 49.9 Å². The number of anilines is 3. The standard InChI is InChI=1S/C16H14N4O2S/c1-9(21)18-12-6-7-13-14(8-12)23-16(19-13)20-15(22)10-2-4-11(17)5-3-10/h2-8H,17H2,1H3,(H,18,21)(H,19,20,22). The van der Waals surface area contributed by atoms with Crippen LogP contribution < -0.4 is 16.4 Å². The summed E-state index contributed by atoms with van der Waals surface area (Å²) in [5.41, 5.74) is 8.18. The van der Waals surface area contributed by atoms with Gasteiger partial charge in [-0.25, -0.2) is 4.98 Å². The average Bonchev–Trinajstić information content (AvgIpc) is 2.88. The van der Waals surface area contributed by atoms with Gasteiger partial charge in [0.2, 0.25) is 5.91 Å². The molecule has 23 heavy (non-hydrogen) atoms. The Kier molecular flexibility index (Phi) is 3.94. The fraction of sp³-hybridized carbons (Fsp3) is 0.0625. The van der Waals surface area contributed by atoms with E-state index in [2.05, 4.69) is 15.6 Å². The number of aromatic nitrogens is 1. The highest BCUT2D eigenvalue weighted by molar-refractivity contribution is 7.22. The lowest BCUT2D eigenvalue weighted by atomic mass is 10.2. The lowest BCUT2D eigenvalue weighted by molar-refractivity contribution is -0.114. The molecule has 0 saturated carbocycles. The first kappa shape index (κ1) is 15.0. The number of rotatable bonds is 3. The van der Waals surface area contributed by atoms with Crippen LogP contribution in [0.4, 0.5) is 16.5 Å². The Labute approximate surface area is 136 Å². The first-order valence-electron chi connectivity index (χ1n) is 6.86. The molecule has 0 atom stereocenters. The lowest BCUT2D eigenvalue weighted by Gasteiger charge is -2.01. The Morgan fingerprint density at radius 3 is 2.52 bits per heavy atom. The summed E-state index contributed by atoms with van der Waals surface area (Å²) in [4.78, 5) is 27.6. The van der Waals surface area contributed by atoms with Crippen LogP contribution in [0.1, 0.15) is 17.3 Å². The molecule has 0 saturated heterocycles. The van der Waals surface area contributed by atoms with Crippen LogP contribution in [0, 0.1) is 0 Å². The van der Waals surface area contributed by atoms with Gasteiger partial charge in [0.1, 0.15) is 0 Å². The summed E-state index contributed by atoms with van der Waals surface area (Å²) in [7, 11) is 0. The third-order valence-electron chi connectivity index (χ3n) is 3.10. The Morgan fingerprint density at radius 2 is 1.83 bits per heavy atom. The molecule has 3 rings (SSSR count). The number of benzene rings is 2. The lowest BCUT2D eigenvalue weighted by Crippen LogP contribution is -2.11. The minimum absolute atomic E-state index is 0.134. The molecule has 0 radical (unpaired) electrons. The van der Waals surface area contributed by atoms with Gasteiger partial charge in [-0.1, -0.05) is 11.3 Å². The Morgan fingerprint density at radius 1 is 1.09 bits per heavy atom. The second-order valence-electron chi connectivity index (χ2n) is 4.96. The molecule has 4 N–H and O–H groups in total. The van der Waals surface area contributed by atoms with Gasteiger partial charge in [-0.3, -0.25) is 14.9 Å². The predicted octanol–water partition coefficient (Wildman–Crippen LogP) is 3.09. The van der Waals surface area contributed by atoms with Gasteiger partial charge in [-0.15, -0.1) is 0 Å². The number of carbonyl (C=O) groups excluding carboxylic acids is 2. The maximum atomic E-state index is 12.2. The van der Waals surface area contributed by atoms with E-state index in [0.29, 0.717) is 22.1 Å². The van der Waals surface area contributed by atoms with Gasteiger partial charge in [0, 0.05) is 23.9 Å². The van der Waals surface area contributed by atoms with E-state index in [9.17, 15) is 9.59 Å². The smallest absolute Gasteiger partial charge is 0.257 e. The van der Waals surface area contributed by atoms with Crippen molar-refractivity contribution in [3.05, 3.63) is 48.0 Å². The molecule has 2 aromatic carbocycles. The fourth-order valence-corrected chi connectivity index (χ4v) is 2.96. The second kappa shape index (κ2) is 6.05. The maximum absolute atomic E-state index is 12.2. The van der Waals surface area contributed by atoms with Crippen molar-refractivity contribution in [2.24, 2.45) is 0 Å². The number of hydrogen-bond acceptors (Lipinski definition) is 5. The highest BCUT2D eigenvalue weighted by Gasteiger charge is 2.10. The van der Waals surface area contributed by atoms with Crippen LogP contribution in [0.3, 0.4) is 0 Å². The molecule has 116 valence electrons. The zero-order valence-electron chi connectivity index (χ0n) is 12.3. The molecule has 0 unspecified atom stereocenters. The number of nitrogens with zero attached hydrogens (tertiary/aromatic N) is 1. The summed E-state index contributed by atoms with van der Waals surface area (Å²) >= 11 is 1.35. The quantitative estimate of drug-likeness (QED) is 0.644. The van der Waals surface area contributed by atoms with E-state index < -0.39 is 0 Å². The van der Waals surface area contributed by atoms with E-state index >= 15 is 0 Å². The number of carbonyl (C=O) groups is 2. The van der Waals surface area contributed by atoms with Crippen molar-refractivity contribution in [1.29, 1.82) is 0 Å². The van der Waals surface area contributed by atoms with Crippen LogP contribution >= 0.6 is 11.3 Å². The molecular formula is C16H14N4O2S. The molecule has 6 nitrogen and oxygen atoms in total. The van der Waals surface area contributed by atoms with Crippen molar-refractivity contribution < 1.29 is 9.59 Å². The van der Waals surface area contributed by atoms with Gasteiger partial charge in [0.25, 0.3) is 5.91 Å². The Hall–Kier alpha value is -2.93. The SMILES string of the molecule is CC(=O)Nc1ccc2nc(NC(=O)c3ccc(N)cc3)sc2c1. The number of nitrogens with two attached hydrogens (primary N) is 1. The van der Waals surface area contributed by atoms with Crippen LogP contribution in [0.2, 0.25) is 0 Å². The van der Waals surface area contributed by atoms with Crippen molar-refractivity contribution in [2.45, 2.75) is 6.92 Å². The molecule has 1 aromatic heterocycles. The topological polar surface area (TPSA) is 97.1 Å². The summed E-state index contributed by atoms with van der Waals surface area (Å²) in [6.45, 7) is 1.45. The molecule has 3 aromatic rings. The Bertz CT molecular complexity index is 887. The summed E-state index contributed by atoms with van der Waals surface area (Å²) in [6, 6.07) is 12.1. The van der Waals surface area contributed by atoms with Crippen LogP contribution in [0.15, 0.2) is 42.5 Å². The summed E-state index contributed by atoms with van der Waals surface area (Å²) in [5, 5.41) is 5.99. The van der Waals surface area contributed by atoms with E-state index in [0.717, 1.165) is 10.2 Å². The number of thiazole rings is 1. The van der Waals surface area contributed by atoms with Gasteiger partial charge < -0.3 is 11.1 Å². The number of nitrogen functional groups attached to an aromatic ring is 1. The van der Waals surface area contributed by atoms with Crippen molar-refractivity contribution in [2.75, 3.05) is 16.4 Å². The molecule has 2 amide bonds. The summed E-state index contributed by atoms with van der Waals surface area (Å²) in [5.74, 6) is -0.378. The fourth-order valence-electron chi connectivity index (χ4n) is 2.06. The molecule has 0 fully saturated rings. The molecule has 0 spiro atoms. The first-order chi connectivity index (χ1) is 11.0. The largest absolute Gasteiger partial charge is 0.399 e. The third-order valence-corrected chi connectivity index (χ3v) is 4.04. The summed E-state index contributed by atoms with van der Waals surface area (Å²) < 4.78 is 0.879. The molecule has 1 heterocycles. The van der Waals surface area contributed by atoms with E-state index in [-0.39, 0.29) is 11.8 Å². The number of fused-ring (bicyclic) bond motifs is 1. The van der Waals surface area contributed by atoms with Crippen LogP contribution in [0.5, 0.6) is 0 Å². The number of amides is 2. The maximum Gasteiger partial charge on any atom is 0.257 e. The average molecular weight is 326 g/mol. The van der Waals surface area contributed by atoms with Crippen molar-refractivity contribution in [3.8, 4) is 0 Å². The predicted molar refractivity (Wildman–Crippen MR) is 92.7 cm³/mol. The molecule has 7 heteroatoms. The van der Waals surface area contributed by atoms with Crippen LogP contribution in [-0.4, -0.2) is 16.8 Å². The highest BCUT2D eigenvalue weighted by Crippen LogP contribution is 2.28. The highest BCUT2D eigenvalue weighted by atomic mass is 32.1. The van der Waals surface area contributed by atoms with Gasteiger partial charge >= 0.3 is 0 Å². The zero-order valence-corrected chi connectivity index (χ0v) is 13.1. The zero-order chi connectivity index (χ0) is 16.4. The van der Waals surface area contributed by atoms with Gasteiger partial charge in [-0.05, 0) is 42.5 Å². The molecule has 0 aliphatic carbocycles. The van der Waals surface area contributed by atoms with Crippen molar-refractivity contribution in [3.63, 3.8) is 0 Å².